The number of hydrogen-bond acceptors (Lipinski definition) is 4. The maximum Gasteiger partial charge on any atom is 0.0714 e. The Morgan fingerprint density at radius 2 is 1.58 bits per heavy atom. The highest BCUT2D eigenvalue weighted by Crippen LogP contribution is 2.47. The lowest BCUT2D eigenvalue weighted by molar-refractivity contribution is 1.19. The van der Waals surface area contributed by atoms with Crippen molar-refractivity contribution in [1.29, 1.82) is 0 Å². The van der Waals surface area contributed by atoms with Gasteiger partial charge in [-0.2, -0.15) is 0 Å². The van der Waals surface area contributed by atoms with E-state index in [-0.39, 0.29) is 0 Å². The van der Waals surface area contributed by atoms with Crippen LogP contribution in [0.25, 0.3) is 20.2 Å². The molecule has 0 radical (unpaired) electrons. The third kappa shape index (κ3) is 1.53. The molecule has 0 saturated heterocycles. The van der Waals surface area contributed by atoms with Crippen molar-refractivity contribution in [3.8, 4) is 0 Å². The monoisotopic (exact) mass is 286 g/mol. The molecule has 2 nitrogen and oxygen atoms in total. The molecular weight excluding hydrogens is 272 g/mol. The summed E-state index contributed by atoms with van der Waals surface area (Å²) in [6.07, 6.45) is 5.03. The van der Waals surface area contributed by atoms with Crippen molar-refractivity contribution in [3.63, 3.8) is 0 Å². The molecule has 96 valence electrons. The van der Waals surface area contributed by atoms with E-state index in [0.29, 0.717) is 0 Å². The zero-order chi connectivity index (χ0) is 13.0. The average molecular weight is 286 g/mol. The molecular formula is C15H14N2S2. The summed E-state index contributed by atoms with van der Waals surface area (Å²) in [5.41, 5.74) is 2.44. The second-order valence-electron chi connectivity index (χ2n) is 4.78. The first-order valence-electron chi connectivity index (χ1n) is 6.44. The van der Waals surface area contributed by atoms with Gasteiger partial charge in [0.15, 0.2) is 0 Å². The van der Waals surface area contributed by atoms with Gasteiger partial charge >= 0.3 is 0 Å². The summed E-state index contributed by atoms with van der Waals surface area (Å²) in [4.78, 5) is 2.82. The van der Waals surface area contributed by atoms with Gasteiger partial charge in [-0.25, -0.2) is 0 Å². The standard InChI is InChI=1S/C15H14N2S2/c1-3-9-7-11-13-12(16-4-5-17-13)10-6-8(2)18-14(10)15(11)19-9/h4-7,16-17H,3H2,1-2H3. The third-order valence-corrected chi connectivity index (χ3v) is 6.01. The topological polar surface area (TPSA) is 24.1 Å². The van der Waals surface area contributed by atoms with Crippen molar-refractivity contribution in [2.24, 2.45) is 0 Å². The minimum Gasteiger partial charge on any atom is -0.358 e. The SMILES string of the molecule is CCc1cc2c3c(c4cc(C)sc4c2s1)NC=CN3. The molecule has 0 fully saturated rings. The van der Waals surface area contributed by atoms with Crippen LogP contribution in [0.2, 0.25) is 0 Å². The maximum absolute atomic E-state index is 3.41. The van der Waals surface area contributed by atoms with Gasteiger partial charge in [-0.1, -0.05) is 6.92 Å². The first-order valence-corrected chi connectivity index (χ1v) is 8.08. The molecule has 0 atom stereocenters. The number of rotatable bonds is 1. The van der Waals surface area contributed by atoms with Crippen LogP contribution >= 0.6 is 22.7 Å². The normalized spacial score (nSPS) is 13.6. The van der Waals surface area contributed by atoms with Crippen LogP contribution in [0, 0.1) is 6.92 Å². The fourth-order valence-corrected chi connectivity index (χ4v) is 4.94. The van der Waals surface area contributed by atoms with Crippen LogP contribution in [0.15, 0.2) is 24.5 Å². The highest BCUT2D eigenvalue weighted by molar-refractivity contribution is 7.27. The molecule has 1 aliphatic heterocycles. The van der Waals surface area contributed by atoms with Crippen molar-refractivity contribution in [2.45, 2.75) is 20.3 Å². The molecule has 2 N–H and O–H groups in total. The lowest BCUT2D eigenvalue weighted by Crippen LogP contribution is -2.02. The number of anilines is 2. The van der Waals surface area contributed by atoms with E-state index in [0.717, 1.165) is 6.42 Å². The maximum atomic E-state index is 3.41. The van der Waals surface area contributed by atoms with Crippen LogP contribution in [-0.2, 0) is 6.42 Å². The van der Waals surface area contributed by atoms with Gasteiger partial charge in [-0.3, -0.25) is 0 Å². The van der Waals surface area contributed by atoms with Crippen LogP contribution < -0.4 is 10.6 Å². The quantitative estimate of drug-likeness (QED) is 0.634. The number of hydrogen-bond donors (Lipinski definition) is 2. The summed E-state index contributed by atoms with van der Waals surface area (Å²) in [6.45, 7) is 4.41. The summed E-state index contributed by atoms with van der Waals surface area (Å²) < 4.78 is 2.84. The minimum absolute atomic E-state index is 1.10. The van der Waals surface area contributed by atoms with E-state index < -0.39 is 0 Å². The van der Waals surface area contributed by atoms with Gasteiger partial charge < -0.3 is 10.6 Å². The van der Waals surface area contributed by atoms with Crippen LogP contribution in [-0.4, -0.2) is 0 Å². The second-order valence-corrected chi connectivity index (χ2v) is 7.17. The van der Waals surface area contributed by atoms with Crippen LogP contribution in [0.4, 0.5) is 11.4 Å². The Kier molecular flexibility index (Phi) is 2.37. The zero-order valence-electron chi connectivity index (χ0n) is 10.8. The van der Waals surface area contributed by atoms with Crippen LogP contribution in [0.5, 0.6) is 0 Å². The van der Waals surface area contributed by atoms with Gasteiger partial charge in [0.2, 0.25) is 0 Å². The van der Waals surface area contributed by atoms with Gasteiger partial charge in [-0.05, 0) is 25.5 Å². The van der Waals surface area contributed by atoms with E-state index in [1.807, 2.05) is 35.1 Å². The number of aryl methyl sites for hydroxylation is 2. The number of fused-ring (bicyclic) bond motifs is 6. The van der Waals surface area contributed by atoms with Crippen molar-refractivity contribution >= 4 is 54.2 Å². The highest BCUT2D eigenvalue weighted by Gasteiger charge is 2.18. The fourth-order valence-electron chi connectivity index (χ4n) is 2.66. The average Bonchev–Trinajstić information content (AvgIpc) is 3.01. The minimum atomic E-state index is 1.10. The molecule has 0 amide bonds. The Balaban J connectivity index is 2.22. The highest BCUT2D eigenvalue weighted by atomic mass is 32.1. The van der Waals surface area contributed by atoms with Gasteiger partial charge in [0.25, 0.3) is 0 Å². The molecule has 4 heteroatoms. The molecule has 0 bridgehead atoms. The van der Waals surface area contributed by atoms with Gasteiger partial charge in [0.05, 0.1) is 20.8 Å². The van der Waals surface area contributed by atoms with Crippen molar-refractivity contribution in [2.75, 3.05) is 10.6 Å². The number of thiophene rings is 2. The molecule has 1 aromatic carbocycles. The van der Waals surface area contributed by atoms with E-state index in [2.05, 4.69) is 36.6 Å². The lowest BCUT2D eigenvalue weighted by Gasteiger charge is -2.16. The Hall–Kier alpha value is -1.52. The van der Waals surface area contributed by atoms with Gasteiger partial charge in [-0.15, -0.1) is 22.7 Å². The van der Waals surface area contributed by atoms with Crippen molar-refractivity contribution in [1.82, 2.24) is 0 Å². The Morgan fingerprint density at radius 1 is 0.947 bits per heavy atom. The molecule has 2 aromatic heterocycles. The summed E-state index contributed by atoms with van der Waals surface area (Å²) in [7, 11) is 0. The molecule has 4 rings (SSSR count). The number of nitrogens with one attached hydrogen (secondary N) is 2. The molecule has 3 aromatic rings. The molecule has 0 spiro atoms. The first kappa shape index (κ1) is 11.3. The Morgan fingerprint density at radius 3 is 2.26 bits per heavy atom. The molecule has 0 aliphatic carbocycles. The molecule has 1 aliphatic rings. The third-order valence-electron chi connectivity index (χ3n) is 3.52. The van der Waals surface area contributed by atoms with E-state index in [1.165, 1.54) is 41.3 Å². The molecule has 0 unspecified atom stereocenters. The summed E-state index contributed by atoms with van der Waals surface area (Å²) in [5.74, 6) is 0. The largest absolute Gasteiger partial charge is 0.358 e. The van der Waals surface area contributed by atoms with Gasteiger partial charge in [0.1, 0.15) is 0 Å². The zero-order valence-corrected chi connectivity index (χ0v) is 12.5. The number of benzene rings is 1. The fraction of sp³-hybridized carbons (Fsp3) is 0.200. The van der Waals surface area contributed by atoms with Crippen molar-refractivity contribution < 1.29 is 0 Å². The first-order chi connectivity index (χ1) is 9.28. The Labute approximate surface area is 119 Å². The predicted octanol–water partition coefficient (Wildman–Crippen LogP) is 5.30. The van der Waals surface area contributed by atoms with Crippen LogP contribution in [0.3, 0.4) is 0 Å². The van der Waals surface area contributed by atoms with Crippen molar-refractivity contribution in [3.05, 3.63) is 34.3 Å². The molecule has 3 heterocycles. The summed E-state index contributed by atoms with van der Waals surface area (Å²) in [6, 6.07) is 4.62. The molecule has 0 saturated carbocycles. The van der Waals surface area contributed by atoms with E-state index >= 15 is 0 Å². The van der Waals surface area contributed by atoms with E-state index in [4.69, 9.17) is 0 Å². The smallest absolute Gasteiger partial charge is 0.0714 e. The molecule has 19 heavy (non-hydrogen) atoms. The van der Waals surface area contributed by atoms with Gasteiger partial charge in [0, 0.05) is 32.9 Å². The van der Waals surface area contributed by atoms with E-state index in [9.17, 15) is 0 Å². The second kappa shape index (κ2) is 3.99. The Bertz CT molecular complexity index is 824. The van der Waals surface area contributed by atoms with E-state index in [1.54, 1.807) is 0 Å². The summed E-state index contributed by atoms with van der Waals surface area (Å²) >= 11 is 3.83. The lowest BCUT2D eigenvalue weighted by atomic mass is 10.1. The predicted molar refractivity (Wildman–Crippen MR) is 87.7 cm³/mol. The summed E-state index contributed by atoms with van der Waals surface area (Å²) in [5, 5.41) is 9.51. The van der Waals surface area contributed by atoms with Crippen LogP contribution in [0.1, 0.15) is 16.7 Å².